The highest BCUT2D eigenvalue weighted by atomic mass is 32.2. The van der Waals surface area contributed by atoms with Crippen LogP contribution in [0.25, 0.3) is 0 Å². The fourth-order valence-electron chi connectivity index (χ4n) is 2.62. The van der Waals surface area contributed by atoms with Gasteiger partial charge in [0.1, 0.15) is 0 Å². The van der Waals surface area contributed by atoms with E-state index >= 15 is 0 Å². The van der Waals surface area contributed by atoms with Crippen LogP contribution in [0.4, 0.5) is 5.69 Å². The van der Waals surface area contributed by atoms with Crippen molar-refractivity contribution in [3.8, 4) is 0 Å². The molecule has 0 aromatic heterocycles. The molecule has 0 unspecified atom stereocenters. The molecule has 6 nitrogen and oxygen atoms in total. The lowest BCUT2D eigenvalue weighted by Crippen LogP contribution is -2.26. The van der Waals surface area contributed by atoms with E-state index in [9.17, 15) is 13.2 Å². The zero-order chi connectivity index (χ0) is 19.9. The van der Waals surface area contributed by atoms with E-state index in [2.05, 4.69) is 10.0 Å². The van der Waals surface area contributed by atoms with E-state index in [1.165, 1.54) is 12.1 Å². The molecule has 0 atom stereocenters. The topological polar surface area (TPSA) is 84.5 Å². The second-order valence-electron chi connectivity index (χ2n) is 6.47. The van der Waals surface area contributed by atoms with Crippen LogP contribution in [0, 0.1) is 0 Å². The summed E-state index contributed by atoms with van der Waals surface area (Å²) < 4.78 is 32.2. The molecule has 0 saturated carbocycles. The van der Waals surface area contributed by atoms with Gasteiger partial charge in [-0.05, 0) is 42.2 Å². The minimum atomic E-state index is -3.68. The number of carbonyl (C=O) groups excluding carboxylic acids is 1. The van der Waals surface area contributed by atoms with Crippen LogP contribution in [-0.4, -0.2) is 34.6 Å². The lowest BCUT2D eigenvalue weighted by atomic mass is 10.0. The van der Waals surface area contributed by atoms with Crippen molar-refractivity contribution in [2.45, 2.75) is 31.1 Å². The normalized spacial score (nSPS) is 11.6. The van der Waals surface area contributed by atoms with Gasteiger partial charge in [0, 0.05) is 31.5 Å². The number of sulfonamides is 1. The summed E-state index contributed by atoms with van der Waals surface area (Å²) in [4.78, 5) is 12.7. The molecule has 0 aliphatic carbocycles. The third-order valence-electron chi connectivity index (χ3n) is 4.05. The molecular weight excluding hydrogens is 364 g/mol. The molecule has 0 heterocycles. The lowest BCUT2D eigenvalue weighted by molar-refractivity contribution is 0.102. The minimum absolute atomic E-state index is 0.0599. The van der Waals surface area contributed by atoms with Crippen LogP contribution in [0.3, 0.4) is 0 Å². The Balaban J connectivity index is 2.16. The number of hydrogen-bond donors (Lipinski definition) is 2. The molecule has 0 saturated heterocycles. The summed E-state index contributed by atoms with van der Waals surface area (Å²) in [6.07, 6.45) is 0.571. The summed E-state index contributed by atoms with van der Waals surface area (Å²) in [7, 11) is -2.11. The van der Waals surface area contributed by atoms with Gasteiger partial charge >= 0.3 is 0 Å². The van der Waals surface area contributed by atoms with Gasteiger partial charge < -0.3 is 10.1 Å². The van der Waals surface area contributed by atoms with Crippen LogP contribution >= 0.6 is 0 Å². The third kappa shape index (κ3) is 5.89. The second-order valence-corrected chi connectivity index (χ2v) is 8.23. The van der Waals surface area contributed by atoms with Crippen LogP contribution in [-0.2, 0) is 14.8 Å². The van der Waals surface area contributed by atoms with Crippen molar-refractivity contribution in [3.05, 3.63) is 59.7 Å². The van der Waals surface area contributed by atoms with Gasteiger partial charge in [0.05, 0.1) is 4.90 Å². The van der Waals surface area contributed by atoms with Gasteiger partial charge in [-0.3, -0.25) is 4.79 Å². The fourth-order valence-corrected chi connectivity index (χ4v) is 3.74. The molecule has 2 rings (SSSR count). The Morgan fingerprint density at radius 3 is 2.56 bits per heavy atom. The summed E-state index contributed by atoms with van der Waals surface area (Å²) in [5, 5.41) is 2.88. The first kappa shape index (κ1) is 21.1. The van der Waals surface area contributed by atoms with E-state index in [4.69, 9.17) is 4.74 Å². The van der Waals surface area contributed by atoms with Crippen molar-refractivity contribution < 1.29 is 17.9 Å². The maximum absolute atomic E-state index is 12.6. The molecule has 1 amide bonds. The van der Waals surface area contributed by atoms with Crippen LogP contribution in [0.2, 0.25) is 0 Å². The van der Waals surface area contributed by atoms with Gasteiger partial charge in [-0.1, -0.05) is 38.1 Å². The predicted molar refractivity (Wildman–Crippen MR) is 107 cm³/mol. The van der Waals surface area contributed by atoms with Gasteiger partial charge in [-0.2, -0.15) is 0 Å². The Kier molecular flexibility index (Phi) is 7.53. The minimum Gasteiger partial charge on any atom is -0.385 e. The fraction of sp³-hybridized carbons (Fsp3) is 0.350. The summed E-state index contributed by atoms with van der Waals surface area (Å²) in [5.74, 6) is -0.0935. The number of para-hydroxylation sites is 1. The summed E-state index contributed by atoms with van der Waals surface area (Å²) in [5.41, 5.74) is 2.03. The van der Waals surface area contributed by atoms with E-state index in [1.54, 1.807) is 19.2 Å². The van der Waals surface area contributed by atoms with Gasteiger partial charge in [0.15, 0.2) is 0 Å². The number of hydrogen-bond acceptors (Lipinski definition) is 4. The number of benzene rings is 2. The number of methoxy groups -OCH3 is 1. The quantitative estimate of drug-likeness (QED) is 0.643. The number of ether oxygens (including phenoxy) is 1. The summed E-state index contributed by atoms with van der Waals surface area (Å²) in [6, 6.07) is 13.6. The first-order valence-electron chi connectivity index (χ1n) is 8.84. The number of nitrogens with one attached hydrogen (secondary N) is 2. The van der Waals surface area contributed by atoms with Gasteiger partial charge in [0.25, 0.3) is 5.91 Å². The molecule has 0 aliphatic heterocycles. The maximum atomic E-state index is 12.6. The number of carbonyl (C=O) groups is 1. The molecule has 0 bridgehead atoms. The first-order valence-corrected chi connectivity index (χ1v) is 10.3. The summed E-state index contributed by atoms with van der Waals surface area (Å²) in [6.45, 7) is 4.84. The lowest BCUT2D eigenvalue weighted by Gasteiger charge is -2.14. The van der Waals surface area contributed by atoms with Crippen molar-refractivity contribution in [2.24, 2.45) is 0 Å². The zero-order valence-electron chi connectivity index (χ0n) is 15.9. The van der Waals surface area contributed by atoms with E-state index < -0.39 is 10.0 Å². The van der Waals surface area contributed by atoms with E-state index in [0.29, 0.717) is 13.0 Å². The maximum Gasteiger partial charge on any atom is 0.255 e. The smallest absolute Gasteiger partial charge is 0.255 e. The van der Waals surface area contributed by atoms with Crippen LogP contribution in [0.5, 0.6) is 0 Å². The zero-order valence-corrected chi connectivity index (χ0v) is 16.7. The molecule has 0 radical (unpaired) electrons. The summed E-state index contributed by atoms with van der Waals surface area (Å²) >= 11 is 0. The molecule has 0 spiro atoms. The average molecular weight is 391 g/mol. The van der Waals surface area contributed by atoms with Crippen molar-refractivity contribution in [3.63, 3.8) is 0 Å². The van der Waals surface area contributed by atoms with Crippen LogP contribution in [0.15, 0.2) is 53.4 Å². The molecule has 0 fully saturated rings. The van der Waals surface area contributed by atoms with E-state index in [0.717, 1.165) is 11.3 Å². The van der Waals surface area contributed by atoms with Gasteiger partial charge in [-0.25, -0.2) is 13.1 Å². The van der Waals surface area contributed by atoms with Crippen molar-refractivity contribution in [1.82, 2.24) is 4.72 Å². The predicted octanol–water partition coefficient (Wildman–Crippen LogP) is 3.38. The Bertz CT molecular complexity index is 879. The Labute approximate surface area is 161 Å². The average Bonchev–Trinajstić information content (AvgIpc) is 2.65. The molecule has 146 valence electrons. The number of amides is 1. The van der Waals surface area contributed by atoms with E-state index in [1.807, 2.05) is 38.1 Å². The Morgan fingerprint density at radius 1 is 1.11 bits per heavy atom. The van der Waals surface area contributed by atoms with E-state index in [-0.39, 0.29) is 28.8 Å². The van der Waals surface area contributed by atoms with Crippen LogP contribution in [0.1, 0.15) is 42.1 Å². The SMILES string of the molecule is COCCCNS(=O)(=O)c1cccc(C(=O)Nc2ccccc2C(C)C)c1. The first-order chi connectivity index (χ1) is 12.8. The van der Waals surface area contributed by atoms with Gasteiger partial charge in [0.2, 0.25) is 10.0 Å². The monoisotopic (exact) mass is 390 g/mol. The molecule has 7 heteroatoms. The highest BCUT2D eigenvalue weighted by molar-refractivity contribution is 7.89. The highest BCUT2D eigenvalue weighted by Crippen LogP contribution is 2.24. The molecule has 2 aromatic rings. The number of rotatable bonds is 9. The molecule has 2 N–H and O–H groups in total. The molecule has 2 aromatic carbocycles. The Morgan fingerprint density at radius 2 is 1.85 bits per heavy atom. The third-order valence-corrected chi connectivity index (χ3v) is 5.51. The Hall–Kier alpha value is -2.22. The second kappa shape index (κ2) is 9.64. The molecule has 0 aliphatic rings. The molecule has 27 heavy (non-hydrogen) atoms. The standard InChI is InChI=1S/C20H26N2O4S/c1-15(2)18-10-4-5-11-19(18)22-20(23)16-8-6-9-17(14-16)27(24,25)21-12-7-13-26-3/h4-6,8-11,14-15,21H,7,12-13H2,1-3H3,(H,22,23). The largest absolute Gasteiger partial charge is 0.385 e. The van der Waals surface area contributed by atoms with Gasteiger partial charge in [-0.15, -0.1) is 0 Å². The highest BCUT2D eigenvalue weighted by Gasteiger charge is 2.17. The number of anilines is 1. The van der Waals surface area contributed by atoms with Crippen molar-refractivity contribution >= 4 is 21.6 Å². The van der Waals surface area contributed by atoms with Crippen LogP contribution < -0.4 is 10.0 Å². The molecular formula is C20H26N2O4S. The van der Waals surface area contributed by atoms with Crippen molar-refractivity contribution in [2.75, 3.05) is 25.6 Å². The van der Waals surface area contributed by atoms with Crippen molar-refractivity contribution in [1.29, 1.82) is 0 Å².